The Balaban J connectivity index is 0.591. The lowest BCUT2D eigenvalue weighted by Crippen LogP contribution is -2.50. The molecule has 430 valence electrons. The average Bonchev–Trinajstić information content (AvgIpc) is 4.19. The third-order valence-corrected chi connectivity index (χ3v) is 14.6. The fourth-order valence-electron chi connectivity index (χ4n) is 9.53. The van der Waals surface area contributed by atoms with Crippen LogP contribution >= 0.6 is 46.4 Å². The van der Waals surface area contributed by atoms with Crippen molar-refractivity contribution in [1.29, 1.82) is 0 Å². The monoisotopic (exact) mass is 1180 g/mol. The number of carbonyl (C=O) groups excluding carboxylic acids is 2. The lowest BCUT2D eigenvalue weighted by molar-refractivity contribution is -0.146. The van der Waals surface area contributed by atoms with E-state index in [0.29, 0.717) is 109 Å². The van der Waals surface area contributed by atoms with Gasteiger partial charge in [-0.1, -0.05) is 82.8 Å². The standard InChI is InChI=1S/C56H68Cl4N10O10/c1-69-31-43(41-27-39(57)29-47(59)45(41)33-69)35-5-3-7-37(25-35)53-63-49(65-67-53)9-13-75-17-21-79-23-19-77-15-11-61-55(73)51(71)52(72)56(74)62-12-16-78-20-24-80-22-18-76-14-10-50-64-54(68-66-50)38-8-4-6-36(26-38)44-32-70(2)34-46-42(44)28-40(58)30-48(46)60/h3-8,25-30,43-44,51-52,71-72H,9-24,31-34H2,1-2H3,(H,61,73)(H,62,74)(H,63,65,67)(H,64,66,68)/t43-,44-,51+,52+/m0/s1. The average molecular weight is 1180 g/mol. The van der Waals surface area contributed by atoms with Gasteiger partial charge in [0.05, 0.1) is 79.3 Å². The van der Waals surface area contributed by atoms with Gasteiger partial charge in [0.2, 0.25) is 0 Å². The van der Waals surface area contributed by atoms with E-state index in [0.717, 1.165) is 70.7 Å². The van der Waals surface area contributed by atoms with Crippen molar-refractivity contribution in [2.75, 3.05) is 120 Å². The van der Waals surface area contributed by atoms with Crippen LogP contribution in [0.5, 0.6) is 0 Å². The molecule has 0 bridgehead atoms. The van der Waals surface area contributed by atoms with E-state index in [4.69, 9.17) is 84.8 Å². The van der Waals surface area contributed by atoms with E-state index in [9.17, 15) is 19.8 Å². The number of aliphatic hydroxyl groups is 2. The third-order valence-electron chi connectivity index (χ3n) is 13.5. The number of benzene rings is 4. The van der Waals surface area contributed by atoms with Gasteiger partial charge in [-0.15, -0.1) is 0 Å². The zero-order valence-corrected chi connectivity index (χ0v) is 47.8. The van der Waals surface area contributed by atoms with Crippen molar-refractivity contribution in [1.82, 2.24) is 50.8 Å². The lowest BCUT2D eigenvalue weighted by atomic mass is 9.84. The first-order valence-corrected chi connectivity index (χ1v) is 28.1. The highest BCUT2D eigenvalue weighted by Gasteiger charge is 2.31. The minimum Gasteiger partial charge on any atom is -0.380 e. The zero-order valence-electron chi connectivity index (χ0n) is 44.7. The Labute approximate surface area is 485 Å². The van der Waals surface area contributed by atoms with Gasteiger partial charge in [0.1, 0.15) is 11.6 Å². The second-order valence-corrected chi connectivity index (χ2v) is 21.2. The number of carbonyl (C=O) groups is 2. The number of halogens is 4. The molecule has 6 aromatic rings. The first kappa shape index (κ1) is 60.9. The van der Waals surface area contributed by atoms with Crippen LogP contribution < -0.4 is 10.6 Å². The molecule has 0 unspecified atom stereocenters. The van der Waals surface area contributed by atoms with Gasteiger partial charge in [-0.25, -0.2) is 9.97 Å². The Bertz CT molecular complexity index is 2770. The SMILES string of the molecule is CN1Cc2c(Cl)cc(Cl)cc2[C@H](c2cccc(-c3n[nH]c(CCOCCOCCOCCNC(=O)[C@H](O)[C@@H](O)C(=O)NCCOCCOCCOCCc4nc(-c5cccc([C@@H]6CN(C)Cc7c(Cl)cc(Cl)cc76)c5)n[nH]4)n3)c2)C1. The first-order valence-electron chi connectivity index (χ1n) is 26.5. The number of rotatable bonds is 31. The van der Waals surface area contributed by atoms with Crippen LogP contribution in [0, 0.1) is 0 Å². The molecule has 6 N–H and O–H groups in total. The minimum absolute atomic E-state index is 0.0468. The summed E-state index contributed by atoms with van der Waals surface area (Å²) in [5.41, 5.74) is 8.55. The molecule has 0 spiro atoms. The molecule has 2 aliphatic heterocycles. The van der Waals surface area contributed by atoms with Crippen LogP contribution in [0.25, 0.3) is 22.8 Å². The second kappa shape index (κ2) is 30.8. The fourth-order valence-corrected chi connectivity index (χ4v) is 10.7. The van der Waals surface area contributed by atoms with Crippen LogP contribution in [0.2, 0.25) is 20.1 Å². The molecule has 2 amide bonds. The Hall–Kier alpha value is -5.14. The number of aliphatic hydroxyl groups excluding tert-OH is 2. The summed E-state index contributed by atoms with van der Waals surface area (Å²) < 4.78 is 33.5. The van der Waals surface area contributed by atoms with Gasteiger partial charge < -0.3 is 59.1 Å². The van der Waals surface area contributed by atoms with E-state index >= 15 is 0 Å². The molecule has 8 rings (SSSR count). The number of hydrogen-bond donors (Lipinski definition) is 6. The van der Waals surface area contributed by atoms with E-state index in [1.165, 1.54) is 0 Å². The van der Waals surface area contributed by atoms with Crippen molar-refractivity contribution in [2.45, 2.75) is 50.0 Å². The summed E-state index contributed by atoms with van der Waals surface area (Å²) in [4.78, 5) is 38.6. The maximum absolute atomic E-state index is 12.3. The highest BCUT2D eigenvalue weighted by molar-refractivity contribution is 6.35. The zero-order chi connectivity index (χ0) is 56.4. The van der Waals surface area contributed by atoms with Gasteiger partial charge in [0, 0.05) is 95.2 Å². The van der Waals surface area contributed by atoms with E-state index in [1.807, 2.05) is 36.4 Å². The molecule has 4 atom stereocenters. The molecular formula is C56H68Cl4N10O10. The van der Waals surface area contributed by atoms with E-state index < -0.39 is 24.0 Å². The molecule has 0 saturated heterocycles. The molecule has 0 saturated carbocycles. The number of nitrogens with zero attached hydrogens (tertiary/aromatic N) is 6. The molecule has 4 heterocycles. The van der Waals surface area contributed by atoms with Crippen molar-refractivity contribution in [2.24, 2.45) is 0 Å². The van der Waals surface area contributed by atoms with Crippen LogP contribution in [0.3, 0.4) is 0 Å². The van der Waals surface area contributed by atoms with Crippen molar-refractivity contribution >= 4 is 58.2 Å². The fraction of sp³-hybridized carbons (Fsp3) is 0.464. The van der Waals surface area contributed by atoms with E-state index in [-0.39, 0.29) is 51.4 Å². The van der Waals surface area contributed by atoms with Gasteiger partial charge in [0.15, 0.2) is 23.9 Å². The van der Waals surface area contributed by atoms with Crippen molar-refractivity contribution < 1.29 is 48.2 Å². The second-order valence-electron chi connectivity index (χ2n) is 19.5. The minimum atomic E-state index is -1.97. The molecule has 0 fully saturated rings. The van der Waals surface area contributed by atoms with Crippen LogP contribution in [0.15, 0.2) is 72.8 Å². The van der Waals surface area contributed by atoms with Gasteiger partial charge in [-0.05, 0) is 83.9 Å². The molecule has 80 heavy (non-hydrogen) atoms. The number of hydrogen-bond acceptors (Lipinski definition) is 16. The summed E-state index contributed by atoms with van der Waals surface area (Å²) >= 11 is 26.0. The summed E-state index contributed by atoms with van der Waals surface area (Å²) in [5, 5.41) is 42.8. The predicted molar refractivity (Wildman–Crippen MR) is 303 cm³/mol. The summed E-state index contributed by atoms with van der Waals surface area (Å²) in [6, 6.07) is 24.1. The summed E-state index contributed by atoms with van der Waals surface area (Å²) in [5.74, 6) is 0.997. The summed E-state index contributed by atoms with van der Waals surface area (Å²) in [7, 11) is 4.17. The molecule has 4 aromatic carbocycles. The van der Waals surface area contributed by atoms with Gasteiger partial charge in [-0.3, -0.25) is 19.8 Å². The Morgan fingerprint density at radius 1 is 0.562 bits per heavy atom. The number of fused-ring (bicyclic) bond motifs is 2. The molecule has 2 aromatic heterocycles. The maximum atomic E-state index is 12.3. The number of H-pyrrole nitrogens is 2. The number of ether oxygens (including phenoxy) is 6. The topological polar surface area (TPSA) is 244 Å². The van der Waals surface area contributed by atoms with E-state index in [1.54, 1.807) is 12.1 Å². The largest absolute Gasteiger partial charge is 0.380 e. The Morgan fingerprint density at radius 3 is 1.34 bits per heavy atom. The maximum Gasteiger partial charge on any atom is 0.252 e. The highest BCUT2D eigenvalue weighted by Crippen LogP contribution is 2.41. The van der Waals surface area contributed by atoms with Crippen molar-refractivity contribution in [3.63, 3.8) is 0 Å². The number of aromatic nitrogens is 6. The molecule has 2 aliphatic rings. The smallest absolute Gasteiger partial charge is 0.252 e. The number of nitrogens with one attached hydrogen (secondary N) is 4. The number of likely N-dealkylation sites (N-methyl/N-ethyl adjacent to an activating group) is 2. The highest BCUT2D eigenvalue weighted by atomic mass is 35.5. The summed E-state index contributed by atoms with van der Waals surface area (Å²) in [6.45, 7) is 6.95. The predicted octanol–water partition coefficient (Wildman–Crippen LogP) is 5.86. The van der Waals surface area contributed by atoms with Crippen molar-refractivity contribution in [3.8, 4) is 22.8 Å². The Kier molecular flexibility index (Phi) is 23.4. The van der Waals surface area contributed by atoms with Gasteiger partial charge in [0.25, 0.3) is 11.8 Å². The Morgan fingerprint density at radius 2 is 0.938 bits per heavy atom. The van der Waals surface area contributed by atoms with Gasteiger partial charge >= 0.3 is 0 Å². The third kappa shape index (κ3) is 17.4. The van der Waals surface area contributed by atoms with Crippen LogP contribution in [0.4, 0.5) is 0 Å². The van der Waals surface area contributed by atoms with Crippen LogP contribution in [-0.4, -0.2) is 194 Å². The molecule has 20 nitrogen and oxygen atoms in total. The molecule has 24 heteroatoms. The van der Waals surface area contributed by atoms with Crippen LogP contribution in [0.1, 0.15) is 56.9 Å². The number of amides is 2. The van der Waals surface area contributed by atoms with Crippen molar-refractivity contribution in [3.05, 3.63) is 138 Å². The molecule has 0 radical (unpaired) electrons. The number of aromatic amines is 2. The van der Waals surface area contributed by atoms with Gasteiger partial charge in [-0.2, -0.15) is 10.2 Å². The van der Waals surface area contributed by atoms with Crippen LogP contribution in [-0.2, 0) is 63.9 Å². The normalized spacial score (nSPS) is 16.3. The van der Waals surface area contributed by atoms with E-state index in [2.05, 4.69) is 79.2 Å². The lowest BCUT2D eigenvalue weighted by Gasteiger charge is -2.33. The first-order chi connectivity index (χ1) is 38.8. The summed E-state index contributed by atoms with van der Waals surface area (Å²) in [6.07, 6.45) is -2.86. The molecule has 0 aliphatic carbocycles. The molecular weight excluding hydrogens is 1110 g/mol. The quantitative estimate of drug-likeness (QED) is 0.0279.